The number of carbonyl (C=O) groups is 1. The molecule has 5 N–H and O–H groups in total. The second-order valence-electron chi connectivity index (χ2n) is 10.5. The lowest BCUT2D eigenvalue weighted by molar-refractivity contribution is 0.0985. The summed E-state index contributed by atoms with van der Waals surface area (Å²) < 4.78 is 32.7. The number of aromatic nitrogens is 2. The van der Waals surface area contributed by atoms with Crippen LogP contribution in [-0.4, -0.2) is 86.7 Å². The van der Waals surface area contributed by atoms with E-state index in [1.54, 1.807) is 36.4 Å². The molecule has 0 unspecified atom stereocenters. The average Bonchev–Trinajstić information content (AvgIpc) is 3.83. The van der Waals surface area contributed by atoms with Crippen LogP contribution >= 0.6 is 11.6 Å². The van der Waals surface area contributed by atoms with Gasteiger partial charge in [-0.3, -0.25) is 0 Å². The van der Waals surface area contributed by atoms with E-state index in [-0.39, 0.29) is 42.3 Å². The van der Waals surface area contributed by atoms with E-state index in [1.807, 2.05) is 6.92 Å². The zero-order chi connectivity index (χ0) is 30.6. The molecule has 1 aliphatic carbocycles. The first kappa shape index (κ1) is 31.0. The van der Waals surface area contributed by atoms with Crippen molar-refractivity contribution in [3.05, 3.63) is 59.2 Å². The number of nitrogens with one attached hydrogen (secondary N) is 3. The molecule has 1 atom stereocenters. The first-order valence-corrected chi connectivity index (χ1v) is 15.9. The van der Waals surface area contributed by atoms with E-state index >= 15 is 0 Å². The molecule has 3 aromatic rings. The molecule has 5 rings (SSSR count). The highest BCUT2D eigenvalue weighted by molar-refractivity contribution is 7.92. The number of morpholine rings is 1. The van der Waals surface area contributed by atoms with E-state index in [2.05, 4.69) is 20.9 Å². The summed E-state index contributed by atoms with van der Waals surface area (Å²) in [6, 6.07) is 12.9. The van der Waals surface area contributed by atoms with Crippen LogP contribution in [0.3, 0.4) is 0 Å². The number of aliphatic hydroxyl groups is 2. The Labute approximate surface area is 255 Å². The van der Waals surface area contributed by atoms with Crippen LogP contribution in [0.25, 0.3) is 11.4 Å². The molecular formula is C29H35ClN6O6S. The summed E-state index contributed by atoms with van der Waals surface area (Å²) in [5, 5.41) is 26.5. The topological polar surface area (TPSA) is 166 Å². The SMILES string of the molecule is C[C@H]1COCCN1c1cc(C2(S(=O)(=O)c3ccc(NCCO)c(Cl)c3)CC2)nc(-c2ccc(NC(=O)NCCO)cc2)n1. The second-order valence-corrected chi connectivity index (χ2v) is 13.2. The summed E-state index contributed by atoms with van der Waals surface area (Å²) in [5.74, 6) is 0.981. The molecule has 2 aromatic carbocycles. The Morgan fingerprint density at radius 1 is 1.09 bits per heavy atom. The Bertz CT molecular complexity index is 1570. The molecule has 1 saturated carbocycles. The number of sulfone groups is 1. The monoisotopic (exact) mass is 630 g/mol. The maximum absolute atomic E-state index is 14.1. The van der Waals surface area contributed by atoms with E-state index in [9.17, 15) is 13.2 Å². The molecular weight excluding hydrogens is 596 g/mol. The van der Waals surface area contributed by atoms with Crippen LogP contribution in [0.5, 0.6) is 0 Å². The summed E-state index contributed by atoms with van der Waals surface area (Å²) in [5.41, 5.74) is 2.14. The highest BCUT2D eigenvalue weighted by Crippen LogP contribution is 2.55. The third kappa shape index (κ3) is 6.55. The van der Waals surface area contributed by atoms with Gasteiger partial charge in [0.2, 0.25) is 0 Å². The Hall–Kier alpha value is -3.49. The maximum atomic E-state index is 14.1. The highest BCUT2D eigenvalue weighted by Gasteiger charge is 2.58. The number of halogens is 1. The van der Waals surface area contributed by atoms with E-state index in [1.165, 1.54) is 12.1 Å². The van der Waals surface area contributed by atoms with Crippen molar-refractivity contribution < 1.29 is 28.2 Å². The van der Waals surface area contributed by atoms with E-state index in [0.717, 1.165) is 0 Å². The van der Waals surface area contributed by atoms with Gasteiger partial charge in [0.25, 0.3) is 0 Å². The van der Waals surface area contributed by atoms with Crippen molar-refractivity contribution in [2.24, 2.45) is 0 Å². The van der Waals surface area contributed by atoms with Crippen molar-refractivity contribution in [3.63, 3.8) is 0 Å². The number of anilines is 3. The van der Waals surface area contributed by atoms with Gasteiger partial charge in [0, 0.05) is 37.0 Å². The fraction of sp³-hybridized carbons (Fsp3) is 0.414. The molecule has 2 aliphatic rings. The number of hydrogen-bond acceptors (Lipinski definition) is 10. The number of ether oxygens (including phenoxy) is 1. The van der Waals surface area contributed by atoms with Crippen LogP contribution in [-0.2, 0) is 19.3 Å². The van der Waals surface area contributed by atoms with Crippen molar-refractivity contribution in [1.82, 2.24) is 15.3 Å². The third-order valence-electron chi connectivity index (χ3n) is 7.54. The van der Waals surface area contributed by atoms with Crippen LogP contribution in [0, 0.1) is 0 Å². The number of urea groups is 1. The minimum atomic E-state index is -3.90. The number of rotatable bonds is 11. The molecule has 43 heavy (non-hydrogen) atoms. The molecule has 0 radical (unpaired) electrons. The van der Waals surface area contributed by atoms with Crippen molar-refractivity contribution in [2.45, 2.75) is 35.4 Å². The van der Waals surface area contributed by atoms with Crippen LogP contribution in [0.1, 0.15) is 25.5 Å². The normalized spacial score (nSPS) is 17.8. The van der Waals surface area contributed by atoms with Gasteiger partial charge in [-0.2, -0.15) is 0 Å². The number of benzene rings is 2. The molecule has 14 heteroatoms. The lowest BCUT2D eigenvalue weighted by Crippen LogP contribution is -2.44. The number of hydrogen-bond donors (Lipinski definition) is 5. The Kier molecular flexibility index (Phi) is 9.37. The van der Waals surface area contributed by atoms with Crippen molar-refractivity contribution in [3.8, 4) is 11.4 Å². The third-order valence-corrected chi connectivity index (χ3v) is 10.4. The molecule has 12 nitrogen and oxygen atoms in total. The molecule has 1 aliphatic heterocycles. The van der Waals surface area contributed by atoms with Gasteiger partial charge in [0.05, 0.1) is 53.8 Å². The first-order chi connectivity index (χ1) is 20.7. The Balaban J connectivity index is 1.52. The standard InChI is InChI=1S/C29H35ClN6O6S/c1-19-18-42-15-12-36(19)26-17-25(34-27(35-26)20-2-4-21(5-3-20)33-28(39)32-11-14-38)29(8-9-29)43(40,41)22-6-7-24(23(30)16-22)31-10-13-37/h2-7,16-17,19,31,37-38H,8-15,18H2,1H3,(H2,32,33,39)/t19-/m0/s1. The Morgan fingerprint density at radius 3 is 2.49 bits per heavy atom. The predicted molar refractivity (Wildman–Crippen MR) is 164 cm³/mol. The first-order valence-electron chi connectivity index (χ1n) is 14.1. The van der Waals surface area contributed by atoms with Crippen LogP contribution < -0.4 is 20.9 Å². The van der Waals surface area contributed by atoms with Gasteiger partial charge in [-0.05, 0) is 62.2 Å². The average molecular weight is 631 g/mol. The van der Waals surface area contributed by atoms with Crippen molar-refractivity contribution in [2.75, 3.05) is 61.6 Å². The summed E-state index contributed by atoms with van der Waals surface area (Å²) >= 11 is 6.41. The summed E-state index contributed by atoms with van der Waals surface area (Å²) in [4.78, 5) is 23.8. The fourth-order valence-corrected chi connectivity index (χ4v) is 7.36. The fourth-order valence-electron chi connectivity index (χ4n) is 5.06. The van der Waals surface area contributed by atoms with Gasteiger partial charge in [-0.25, -0.2) is 23.2 Å². The predicted octanol–water partition coefficient (Wildman–Crippen LogP) is 3.00. The number of aliphatic hydroxyl groups excluding tert-OH is 2. The molecule has 0 spiro atoms. The van der Waals surface area contributed by atoms with E-state index < -0.39 is 20.6 Å². The summed E-state index contributed by atoms with van der Waals surface area (Å²) in [7, 11) is -3.90. The molecule has 2 amide bonds. The maximum Gasteiger partial charge on any atom is 0.319 e. The summed E-state index contributed by atoms with van der Waals surface area (Å²) in [6.07, 6.45) is 0.801. The molecule has 1 saturated heterocycles. The van der Waals surface area contributed by atoms with Crippen LogP contribution in [0.15, 0.2) is 53.4 Å². The number of amides is 2. The zero-order valence-corrected chi connectivity index (χ0v) is 25.3. The highest BCUT2D eigenvalue weighted by atomic mass is 35.5. The van der Waals surface area contributed by atoms with Gasteiger partial charge in [0.1, 0.15) is 10.6 Å². The van der Waals surface area contributed by atoms with Gasteiger partial charge in [-0.1, -0.05) is 11.6 Å². The largest absolute Gasteiger partial charge is 0.395 e. The van der Waals surface area contributed by atoms with Gasteiger partial charge in [-0.15, -0.1) is 0 Å². The molecule has 2 fully saturated rings. The number of nitrogens with zero attached hydrogens (tertiary/aromatic N) is 3. The second kappa shape index (κ2) is 13.0. The molecule has 230 valence electrons. The minimum absolute atomic E-state index is 0.0258. The van der Waals surface area contributed by atoms with Gasteiger partial charge >= 0.3 is 6.03 Å². The van der Waals surface area contributed by atoms with Crippen LogP contribution in [0.2, 0.25) is 5.02 Å². The van der Waals surface area contributed by atoms with E-state index in [0.29, 0.717) is 66.9 Å². The van der Waals surface area contributed by atoms with Gasteiger partial charge < -0.3 is 35.8 Å². The molecule has 1 aromatic heterocycles. The zero-order valence-electron chi connectivity index (χ0n) is 23.7. The van der Waals surface area contributed by atoms with Crippen LogP contribution in [0.4, 0.5) is 22.0 Å². The van der Waals surface area contributed by atoms with Crippen molar-refractivity contribution in [1.29, 1.82) is 0 Å². The summed E-state index contributed by atoms with van der Waals surface area (Å²) in [6.45, 7) is 3.84. The van der Waals surface area contributed by atoms with Gasteiger partial charge in [0.15, 0.2) is 15.7 Å². The van der Waals surface area contributed by atoms with E-state index in [4.69, 9.17) is 36.5 Å². The number of carbonyl (C=O) groups excluding carboxylic acids is 1. The lowest BCUT2D eigenvalue weighted by Gasteiger charge is -2.34. The quantitative estimate of drug-likeness (QED) is 0.213. The lowest BCUT2D eigenvalue weighted by atomic mass is 10.1. The smallest absolute Gasteiger partial charge is 0.319 e. The Morgan fingerprint density at radius 2 is 1.84 bits per heavy atom. The molecule has 0 bridgehead atoms. The minimum Gasteiger partial charge on any atom is -0.395 e. The molecule has 2 heterocycles. The van der Waals surface area contributed by atoms with Crippen molar-refractivity contribution >= 4 is 44.7 Å².